The van der Waals surface area contributed by atoms with Crippen LogP contribution in [-0.4, -0.2) is 4.57 Å². The van der Waals surface area contributed by atoms with Gasteiger partial charge >= 0.3 is 0 Å². The molecule has 2 heteroatoms. The smallest absolute Gasteiger partial charge is 0.0585 e. The van der Waals surface area contributed by atoms with Gasteiger partial charge in [0, 0.05) is 42.8 Å². The van der Waals surface area contributed by atoms with E-state index in [1.807, 2.05) is 11.3 Å². The summed E-state index contributed by atoms with van der Waals surface area (Å²) in [5.41, 5.74) is 11.9. The lowest BCUT2D eigenvalue weighted by Gasteiger charge is -2.43. The maximum absolute atomic E-state index is 2.55. The van der Waals surface area contributed by atoms with Crippen molar-refractivity contribution >= 4 is 53.3 Å². The molecule has 8 aromatic rings. The molecule has 0 saturated carbocycles. The molecule has 1 nitrogen and oxygen atoms in total. The van der Waals surface area contributed by atoms with Crippen molar-refractivity contribution in [1.29, 1.82) is 0 Å². The van der Waals surface area contributed by atoms with Gasteiger partial charge in [0.2, 0.25) is 0 Å². The van der Waals surface area contributed by atoms with Crippen LogP contribution < -0.4 is 0 Å². The number of hydrogen-bond acceptors (Lipinski definition) is 1. The molecule has 0 saturated heterocycles. The summed E-state index contributed by atoms with van der Waals surface area (Å²) in [6.45, 7) is 0. The number of aromatic nitrogens is 1. The first kappa shape index (κ1) is 24.2. The van der Waals surface area contributed by atoms with Crippen molar-refractivity contribution < 1.29 is 0 Å². The van der Waals surface area contributed by atoms with E-state index in [1.54, 1.807) is 0 Å². The molecule has 1 aliphatic heterocycles. The molecule has 45 heavy (non-hydrogen) atoms. The van der Waals surface area contributed by atoms with Crippen molar-refractivity contribution in [3.8, 4) is 16.8 Å². The summed E-state index contributed by atoms with van der Waals surface area (Å²) in [4.78, 5) is 0. The first-order valence-corrected chi connectivity index (χ1v) is 16.7. The van der Waals surface area contributed by atoms with E-state index in [9.17, 15) is 0 Å². The molecule has 0 amide bonds. The van der Waals surface area contributed by atoms with E-state index in [0.717, 1.165) is 0 Å². The molecule has 2 aromatic heterocycles. The fourth-order valence-corrected chi connectivity index (χ4v) is 10.2. The number of rotatable bonds is 1. The maximum atomic E-state index is 2.55. The fraction of sp³-hybridized carbons (Fsp3) is 0.0698. The molecule has 3 atom stereocenters. The molecule has 6 aromatic carbocycles. The zero-order valence-electron chi connectivity index (χ0n) is 24.4. The minimum Gasteiger partial charge on any atom is -0.309 e. The van der Waals surface area contributed by atoms with Crippen LogP contribution >= 0.6 is 11.3 Å². The lowest BCUT2D eigenvalue weighted by atomic mass is 9.61. The van der Waals surface area contributed by atoms with Gasteiger partial charge in [-0.15, -0.1) is 11.3 Å². The molecular weight excluding hydrogens is 563 g/mol. The van der Waals surface area contributed by atoms with E-state index >= 15 is 0 Å². The highest BCUT2D eigenvalue weighted by Crippen LogP contribution is 2.63. The van der Waals surface area contributed by atoms with Gasteiger partial charge < -0.3 is 4.57 Å². The predicted octanol–water partition coefficient (Wildman–Crippen LogP) is 11.3. The van der Waals surface area contributed by atoms with Gasteiger partial charge in [0.25, 0.3) is 0 Å². The Labute approximate surface area is 265 Å². The fourth-order valence-electron chi connectivity index (χ4n) is 9.16. The van der Waals surface area contributed by atoms with Crippen molar-refractivity contribution in [1.82, 2.24) is 4.57 Å². The van der Waals surface area contributed by atoms with Crippen LogP contribution in [0.5, 0.6) is 0 Å². The number of nitrogens with zero attached hydrogens (tertiary/aromatic N) is 1. The number of benzene rings is 6. The average molecular weight is 590 g/mol. The molecule has 1 spiro atoms. The van der Waals surface area contributed by atoms with E-state index < -0.39 is 0 Å². The van der Waals surface area contributed by atoms with E-state index in [1.165, 1.54) is 81.0 Å². The van der Waals surface area contributed by atoms with Gasteiger partial charge in [-0.05, 0) is 69.8 Å². The van der Waals surface area contributed by atoms with Gasteiger partial charge in [0.1, 0.15) is 0 Å². The quantitative estimate of drug-likeness (QED) is 0.179. The van der Waals surface area contributed by atoms with Gasteiger partial charge in [-0.1, -0.05) is 115 Å². The Hall–Kier alpha value is -5.18. The largest absolute Gasteiger partial charge is 0.309 e. The molecule has 0 fully saturated rings. The van der Waals surface area contributed by atoms with Crippen LogP contribution in [0.15, 0.2) is 152 Å². The number of para-hydroxylation sites is 2. The third-order valence-corrected chi connectivity index (χ3v) is 12.0. The molecule has 3 unspecified atom stereocenters. The van der Waals surface area contributed by atoms with Crippen LogP contribution in [0.2, 0.25) is 0 Å². The normalized spacial score (nSPS) is 20.8. The second kappa shape index (κ2) is 8.50. The van der Waals surface area contributed by atoms with Crippen LogP contribution in [0.1, 0.15) is 28.2 Å². The second-order valence-corrected chi connectivity index (χ2v) is 13.9. The minimum absolute atomic E-state index is 0.253. The number of fused-ring (bicyclic) bond motifs is 15. The summed E-state index contributed by atoms with van der Waals surface area (Å²) in [6, 6.07) is 48.3. The molecule has 0 bridgehead atoms. The Kier molecular flexibility index (Phi) is 4.57. The molecule has 0 N–H and O–H groups in total. The van der Waals surface area contributed by atoms with Crippen molar-refractivity contribution in [3.63, 3.8) is 0 Å². The molecular formula is C43H27NS. The average Bonchev–Trinajstić information content (AvgIpc) is 3.74. The zero-order valence-corrected chi connectivity index (χ0v) is 25.3. The number of hydrogen-bond donors (Lipinski definition) is 0. The van der Waals surface area contributed by atoms with Gasteiger partial charge in [-0.3, -0.25) is 0 Å². The topological polar surface area (TPSA) is 4.93 Å². The lowest BCUT2D eigenvalue weighted by Crippen LogP contribution is -2.38. The summed E-state index contributed by atoms with van der Waals surface area (Å²) >= 11 is 1.88. The van der Waals surface area contributed by atoms with Crippen molar-refractivity contribution in [2.45, 2.75) is 11.3 Å². The number of thiophene rings is 1. The molecule has 210 valence electrons. The summed E-state index contributed by atoms with van der Waals surface area (Å²) in [6.07, 6.45) is 9.40. The third-order valence-electron chi connectivity index (χ3n) is 10.9. The van der Waals surface area contributed by atoms with Crippen LogP contribution in [0, 0.1) is 5.92 Å². The van der Waals surface area contributed by atoms with E-state index in [0.29, 0.717) is 11.8 Å². The second-order valence-electron chi connectivity index (χ2n) is 12.8. The monoisotopic (exact) mass is 589 g/mol. The summed E-state index contributed by atoms with van der Waals surface area (Å²) < 4.78 is 5.25. The number of allylic oxidation sites excluding steroid dienone is 4. The predicted molar refractivity (Wildman–Crippen MR) is 190 cm³/mol. The Morgan fingerprint density at radius 1 is 0.533 bits per heavy atom. The highest BCUT2D eigenvalue weighted by atomic mass is 32.1. The minimum atomic E-state index is -0.253. The van der Waals surface area contributed by atoms with Crippen LogP contribution in [0.4, 0.5) is 0 Å². The maximum Gasteiger partial charge on any atom is 0.0585 e. The molecule has 11 rings (SSSR count). The highest BCUT2D eigenvalue weighted by Gasteiger charge is 2.56. The third kappa shape index (κ3) is 2.90. The molecule has 0 radical (unpaired) electrons. The van der Waals surface area contributed by atoms with Crippen LogP contribution in [0.25, 0.3) is 58.8 Å². The zero-order chi connectivity index (χ0) is 29.3. The standard InChI is InChI=1S/C43H27NS/c1-4-14-34-28(10-1)29-11-2-5-15-35(29)43(34)36-16-6-7-18-39(36)44-38-22-20-26(24-32(38)31-13-9-17-37(43)42(31)44)27-21-23-41-33(25-27)30-12-3-8-19-40(30)45-41/h1-25,28,34H. The van der Waals surface area contributed by atoms with E-state index in [2.05, 4.69) is 156 Å². The van der Waals surface area contributed by atoms with E-state index in [-0.39, 0.29) is 5.41 Å². The first-order valence-electron chi connectivity index (χ1n) is 15.9. The van der Waals surface area contributed by atoms with Gasteiger partial charge in [-0.2, -0.15) is 0 Å². The Balaban J connectivity index is 1.22. The Bertz CT molecular complexity index is 2630. The lowest BCUT2D eigenvalue weighted by molar-refractivity contribution is 0.454. The SMILES string of the molecule is C1=CC2c3ccccc3C3(c4ccccc4-n4c5ccc(-c6ccc7sc8ccccc8c7c6)cc5c5cccc3c54)C2C=C1. The van der Waals surface area contributed by atoms with Crippen molar-refractivity contribution in [3.05, 3.63) is 174 Å². The van der Waals surface area contributed by atoms with Gasteiger partial charge in [-0.25, -0.2) is 0 Å². The van der Waals surface area contributed by atoms with Gasteiger partial charge in [0.05, 0.1) is 22.1 Å². The van der Waals surface area contributed by atoms with Crippen molar-refractivity contribution in [2.24, 2.45) is 5.92 Å². The molecule has 3 heterocycles. The van der Waals surface area contributed by atoms with Gasteiger partial charge in [0.15, 0.2) is 0 Å². The summed E-state index contributed by atoms with van der Waals surface area (Å²) in [5, 5.41) is 5.33. The highest BCUT2D eigenvalue weighted by molar-refractivity contribution is 7.25. The van der Waals surface area contributed by atoms with E-state index in [4.69, 9.17) is 0 Å². The Morgan fingerprint density at radius 2 is 1.24 bits per heavy atom. The summed E-state index contributed by atoms with van der Waals surface area (Å²) in [7, 11) is 0. The first-order chi connectivity index (χ1) is 22.3. The molecule has 2 aliphatic carbocycles. The molecule has 3 aliphatic rings. The Morgan fingerprint density at radius 3 is 2.20 bits per heavy atom. The van der Waals surface area contributed by atoms with Crippen molar-refractivity contribution in [2.75, 3.05) is 0 Å². The van der Waals surface area contributed by atoms with Crippen LogP contribution in [0.3, 0.4) is 0 Å². The van der Waals surface area contributed by atoms with Crippen LogP contribution in [-0.2, 0) is 5.41 Å². The summed E-state index contributed by atoms with van der Waals surface area (Å²) in [5.74, 6) is 0.682.